The number of benzene rings is 4. The van der Waals surface area contributed by atoms with E-state index in [0.717, 1.165) is 17.0 Å². The van der Waals surface area contributed by atoms with Crippen LogP contribution in [0.1, 0.15) is 55.3 Å². The summed E-state index contributed by atoms with van der Waals surface area (Å²) < 4.78 is 16.1. The Morgan fingerprint density at radius 1 is 0.683 bits per heavy atom. The van der Waals surface area contributed by atoms with E-state index >= 15 is 0 Å². The number of hydrogen-bond acceptors (Lipinski definition) is 8. The summed E-state index contributed by atoms with van der Waals surface area (Å²) >= 11 is 3.23. The fourth-order valence-electron chi connectivity index (χ4n) is 3.05. The zero-order valence-corrected chi connectivity index (χ0v) is 24.1. The Labute approximate surface area is 246 Å². The highest BCUT2D eigenvalue weighted by Gasteiger charge is 2.08. The molecular formula is C32H29BrO8. The Hall–Kier alpha value is -4.76. The average molecular weight is 621 g/mol. The zero-order chi connectivity index (χ0) is 30.0. The normalized spacial score (nSPS) is 9.54. The summed E-state index contributed by atoms with van der Waals surface area (Å²) in [6.07, 6.45) is 1.56. The van der Waals surface area contributed by atoms with Crippen molar-refractivity contribution in [2.24, 2.45) is 0 Å². The van der Waals surface area contributed by atoms with Crippen LogP contribution in [-0.2, 0) is 9.47 Å². The molecule has 1 N–H and O–H groups in total. The van der Waals surface area contributed by atoms with E-state index in [0.29, 0.717) is 47.0 Å². The molecule has 4 rings (SSSR count). The Bertz CT molecular complexity index is 1420. The van der Waals surface area contributed by atoms with Crippen molar-refractivity contribution < 1.29 is 38.5 Å². The quantitative estimate of drug-likeness (QED) is 0.161. The standard InChI is InChI=1S/C16H14O4.C9H10O3.C7H5BrO/c1-2-19-16(18)12-7-9-14(10-8-12)20-15-6-4-3-5-13(15)11-17;1-2-12-9(11)7-3-5-8(10)6-4-7;8-7-4-2-1-3-6(7)5-9/h3-11H,2H2,1H3;3-6,10H,2H2,1H3;1-5H. The molecule has 0 spiro atoms. The van der Waals surface area contributed by atoms with Gasteiger partial charge in [0, 0.05) is 10.0 Å². The lowest BCUT2D eigenvalue weighted by Gasteiger charge is -2.08. The molecule has 0 saturated heterocycles. The van der Waals surface area contributed by atoms with Crippen molar-refractivity contribution in [2.45, 2.75) is 13.8 Å². The number of carbonyl (C=O) groups excluding carboxylic acids is 4. The van der Waals surface area contributed by atoms with Gasteiger partial charge in [-0.25, -0.2) is 9.59 Å². The number of aromatic hydroxyl groups is 1. The molecule has 4 aromatic rings. The molecule has 41 heavy (non-hydrogen) atoms. The molecule has 0 aliphatic heterocycles. The van der Waals surface area contributed by atoms with Crippen molar-refractivity contribution in [3.05, 3.63) is 124 Å². The first-order chi connectivity index (χ1) is 19.8. The summed E-state index contributed by atoms with van der Waals surface area (Å²) in [4.78, 5) is 43.6. The second kappa shape index (κ2) is 17.8. The first kappa shape index (κ1) is 32.5. The topological polar surface area (TPSA) is 116 Å². The van der Waals surface area contributed by atoms with E-state index in [4.69, 9.17) is 19.3 Å². The predicted molar refractivity (Wildman–Crippen MR) is 158 cm³/mol. The van der Waals surface area contributed by atoms with Gasteiger partial charge < -0.3 is 19.3 Å². The number of phenolic OH excluding ortho intramolecular Hbond substituents is 1. The Morgan fingerprint density at radius 3 is 1.61 bits per heavy atom. The molecule has 9 heteroatoms. The highest BCUT2D eigenvalue weighted by Crippen LogP contribution is 2.24. The lowest BCUT2D eigenvalue weighted by atomic mass is 10.2. The fraction of sp³-hybridized carbons (Fsp3) is 0.125. The van der Waals surface area contributed by atoms with E-state index in [1.54, 1.807) is 68.4 Å². The average Bonchev–Trinajstić information content (AvgIpc) is 2.99. The van der Waals surface area contributed by atoms with E-state index in [2.05, 4.69) is 15.9 Å². The van der Waals surface area contributed by atoms with E-state index in [1.807, 2.05) is 18.2 Å². The Balaban J connectivity index is 0.000000237. The van der Waals surface area contributed by atoms with Crippen LogP contribution < -0.4 is 4.74 Å². The molecule has 4 aromatic carbocycles. The molecule has 0 atom stereocenters. The molecule has 0 bridgehead atoms. The van der Waals surface area contributed by atoms with Gasteiger partial charge in [0.15, 0.2) is 12.6 Å². The summed E-state index contributed by atoms with van der Waals surface area (Å²) in [5, 5.41) is 8.92. The molecule has 0 heterocycles. The van der Waals surface area contributed by atoms with Crippen LogP contribution in [0.25, 0.3) is 0 Å². The van der Waals surface area contributed by atoms with Gasteiger partial charge in [0.2, 0.25) is 0 Å². The summed E-state index contributed by atoms with van der Waals surface area (Å²) in [5.74, 6) is 0.437. The highest BCUT2D eigenvalue weighted by molar-refractivity contribution is 9.10. The Kier molecular flexibility index (Phi) is 14.1. The van der Waals surface area contributed by atoms with Crippen LogP contribution in [0.4, 0.5) is 0 Å². The number of para-hydroxylation sites is 1. The van der Waals surface area contributed by atoms with Gasteiger partial charge in [0.25, 0.3) is 0 Å². The van der Waals surface area contributed by atoms with Gasteiger partial charge in [-0.2, -0.15) is 0 Å². The third-order valence-corrected chi connectivity index (χ3v) is 5.77. The van der Waals surface area contributed by atoms with E-state index in [-0.39, 0.29) is 17.7 Å². The number of halogens is 1. The lowest BCUT2D eigenvalue weighted by Crippen LogP contribution is -2.04. The summed E-state index contributed by atoms with van der Waals surface area (Å²) in [6, 6.07) is 26.7. The largest absolute Gasteiger partial charge is 0.508 e. The molecule has 0 unspecified atom stereocenters. The third kappa shape index (κ3) is 11.1. The van der Waals surface area contributed by atoms with Crippen molar-refractivity contribution in [1.82, 2.24) is 0 Å². The summed E-state index contributed by atoms with van der Waals surface area (Å²) in [7, 11) is 0. The molecule has 0 saturated carbocycles. The van der Waals surface area contributed by atoms with Crippen LogP contribution in [-0.4, -0.2) is 42.8 Å². The molecule has 212 valence electrons. The minimum absolute atomic E-state index is 0.142. The van der Waals surface area contributed by atoms with Crippen molar-refractivity contribution in [3.63, 3.8) is 0 Å². The van der Waals surface area contributed by atoms with Gasteiger partial charge in [-0.3, -0.25) is 9.59 Å². The fourth-order valence-corrected chi connectivity index (χ4v) is 3.43. The maximum absolute atomic E-state index is 11.5. The molecular weight excluding hydrogens is 592 g/mol. The smallest absolute Gasteiger partial charge is 0.338 e. The number of rotatable bonds is 8. The molecule has 0 aromatic heterocycles. The molecule has 8 nitrogen and oxygen atoms in total. The van der Waals surface area contributed by atoms with Crippen molar-refractivity contribution >= 4 is 40.4 Å². The number of carbonyl (C=O) groups is 4. The predicted octanol–water partition coefficient (Wildman–Crippen LogP) is 7.30. The number of esters is 2. The van der Waals surface area contributed by atoms with Crippen LogP contribution in [0.15, 0.2) is 102 Å². The Morgan fingerprint density at radius 2 is 1.15 bits per heavy atom. The van der Waals surface area contributed by atoms with Crippen LogP contribution in [0.3, 0.4) is 0 Å². The van der Waals surface area contributed by atoms with Crippen molar-refractivity contribution in [2.75, 3.05) is 13.2 Å². The molecule has 0 aliphatic carbocycles. The second-order valence-corrected chi connectivity index (χ2v) is 8.76. The lowest BCUT2D eigenvalue weighted by molar-refractivity contribution is 0.0516. The number of phenols is 1. The molecule has 0 fully saturated rings. The minimum atomic E-state index is -0.368. The van der Waals surface area contributed by atoms with Crippen LogP contribution in [0, 0.1) is 0 Å². The van der Waals surface area contributed by atoms with Gasteiger partial charge in [0.05, 0.1) is 29.9 Å². The SMILES string of the molecule is CCOC(=O)c1ccc(O)cc1.CCOC(=O)c1ccc(Oc2ccccc2C=O)cc1.O=Cc1ccccc1Br. The monoisotopic (exact) mass is 620 g/mol. The maximum Gasteiger partial charge on any atom is 0.338 e. The van der Waals surface area contributed by atoms with Gasteiger partial charge in [0.1, 0.15) is 17.2 Å². The van der Waals surface area contributed by atoms with E-state index in [9.17, 15) is 19.2 Å². The van der Waals surface area contributed by atoms with Crippen molar-refractivity contribution in [1.29, 1.82) is 0 Å². The van der Waals surface area contributed by atoms with Gasteiger partial charge in [-0.05, 0) is 80.6 Å². The van der Waals surface area contributed by atoms with Crippen LogP contribution >= 0.6 is 15.9 Å². The third-order valence-electron chi connectivity index (χ3n) is 5.05. The first-order valence-electron chi connectivity index (χ1n) is 12.5. The van der Waals surface area contributed by atoms with Gasteiger partial charge in [-0.15, -0.1) is 0 Å². The number of aldehydes is 2. The van der Waals surface area contributed by atoms with Crippen LogP contribution in [0.5, 0.6) is 17.2 Å². The summed E-state index contributed by atoms with van der Waals surface area (Å²) in [5.41, 5.74) is 2.08. The highest BCUT2D eigenvalue weighted by atomic mass is 79.9. The maximum atomic E-state index is 11.5. The zero-order valence-electron chi connectivity index (χ0n) is 22.5. The van der Waals surface area contributed by atoms with Crippen molar-refractivity contribution in [3.8, 4) is 17.2 Å². The molecule has 0 radical (unpaired) electrons. The molecule has 0 amide bonds. The van der Waals surface area contributed by atoms with E-state index in [1.165, 1.54) is 24.3 Å². The summed E-state index contributed by atoms with van der Waals surface area (Å²) in [6.45, 7) is 4.20. The molecule has 0 aliphatic rings. The van der Waals surface area contributed by atoms with Gasteiger partial charge in [-0.1, -0.05) is 46.3 Å². The van der Waals surface area contributed by atoms with Crippen LogP contribution in [0.2, 0.25) is 0 Å². The second-order valence-electron chi connectivity index (χ2n) is 7.91. The first-order valence-corrected chi connectivity index (χ1v) is 13.3. The van der Waals surface area contributed by atoms with Gasteiger partial charge >= 0.3 is 11.9 Å². The van der Waals surface area contributed by atoms with E-state index < -0.39 is 0 Å². The minimum Gasteiger partial charge on any atom is -0.508 e. The number of ether oxygens (including phenoxy) is 3. The number of hydrogen-bond donors (Lipinski definition) is 1.